The number of anilines is 2. The number of carbonyl (C=O) groups is 2. The van der Waals surface area contributed by atoms with Crippen LogP contribution in [0.3, 0.4) is 0 Å². The van der Waals surface area contributed by atoms with Crippen LogP contribution in [0.5, 0.6) is 5.75 Å². The average molecular weight is 529 g/mol. The molecule has 0 saturated carbocycles. The van der Waals surface area contributed by atoms with Crippen LogP contribution in [0.1, 0.15) is 22.8 Å². The Morgan fingerprint density at radius 1 is 1.08 bits per heavy atom. The second-order valence-corrected chi connectivity index (χ2v) is 10.7. The number of para-hydroxylation sites is 3. The molecular weight excluding hydrogens is 504 g/mol. The van der Waals surface area contributed by atoms with Crippen LogP contribution in [0.25, 0.3) is 0 Å². The molecule has 0 aliphatic carbocycles. The standard InChI is InChI=1S/C26H25ClN2O6S/c1-17-14-18-8-4-5-9-22(18)29(17)25(30)16-35-26(31)20-15-19(12-13-21(20)27)36(32,33)28(2)23-10-6-7-11-24(23)34-3/h4-13,15,17H,14,16H2,1-3H3. The van der Waals surface area contributed by atoms with Gasteiger partial charge in [0.1, 0.15) is 5.75 Å². The normalized spacial score (nSPS) is 14.8. The molecule has 0 aromatic heterocycles. The fraction of sp³-hybridized carbons (Fsp3) is 0.231. The summed E-state index contributed by atoms with van der Waals surface area (Å²) in [5.41, 5.74) is 2.00. The fourth-order valence-corrected chi connectivity index (χ4v) is 5.65. The predicted octanol–water partition coefficient (Wildman–Crippen LogP) is 4.31. The molecule has 10 heteroatoms. The molecule has 1 aliphatic rings. The number of hydrogen-bond donors (Lipinski definition) is 0. The second kappa shape index (κ2) is 10.2. The number of amides is 1. The van der Waals surface area contributed by atoms with Gasteiger partial charge in [-0.25, -0.2) is 13.2 Å². The molecule has 1 amide bonds. The summed E-state index contributed by atoms with van der Waals surface area (Å²) >= 11 is 6.19. The van der Waals surface area contributed by atoms with Crippen molar-refractivity contribution >= 4 is 44.9 Å². The summed E-state index contributed by atoms with van der Waals surface area (Å²) in [4.78, 5) is 27.1. The maximum absolute atomic E-state index is 13.3. The van der Waals surface area contributed by atoms with E-state index in [0.29, 0.717) is 17.9 Å². The van der Waals surface area contributed by atoms with Crippen molar-refractivity contribution in [3.05, 3.63) is 82.9 Å². The summed E-state index contributed by atoms with van der Waals surface area (Å²) in [7, 11) is -1.25. The van der Waals surface area contributed by atoms with E-state index >= 15 is 0 Å². The average Bonchev–Trinajstić information content (AvgIpc) is 3.22. The number of nitrogens with zero attached hydrogens (tertiary/aromatic N) is 2. The van der Waals surface area contributed by atoms with Crippen molar-refractivity contribution in [2.75, 3.05) is 30.0 Å². The van der Waals surface area contributed by atoms with Crippen LogP contribution in [-0.4, -0.2) is 47.1 Å². The van der Waals surface area contributed by atoms with Gasteiger partial charge in [-0.15, -0.1) is 0 Å². The van der Waals surface area contributed by atoms with Gasteiger partial charge in [0.15, 0.2) is 6.61 Å². The molecule has 0 bridgehead atoms. The van der Waals surface area contributed by atoms with Gasteiger partial charge in [0, 0.05) is 18.8 Å². The molecule has 1 heterocycles. The Kier molecular flexibility index (Phi) is 7.23. The maximum Gasteiger partial charge on any atom is 0.340 e. The summed E-state index contributed by atoms with van der Waals surface area (Å²) in [6, 6.07) is 17.9. The Morgan fingerprint density at radius 3 is 2.53 bits per heavy atom. The molecule has 8 nitrogen and oxygen atoms in total. The van der Waals surface area contributed by atoms with Gasteiger partial charge in [-0.2, -0.15) is 0 Å². The Morgan fingerprint density at radius 2 is 1.78 bits per heavy atom. The van der Waals surface area contributed by atoms with Gasteiger partial charge in [0.25, 0.3) is 15.9 Å². The molecule has 0 spiro atoms. The molecule has 1 aliphatic heterocycles. The minimum absolute atomic E-state index is 0.00577. The van der Waals surface area contributed by atoms with E-state index in [9.17, 15) is 18.0 Å². The summed E-state index contributed by atoms with van der Waals surface area (Å²) in [5.74, 6) is -0.907. The quantitative estimate of drug-likeness (QED) is 0.424. The molecule has 0 saturated heterocycles. The molecule has 0 radical (unpaired) electrons. The zero-order valence-corrected chi connectivity index (χ0v) is 21.5. The summed E-state index contributed by atoms with van der Waals surface area (Å²) in [6.07, 6.45) is 0.710. The first kappa shape index (κ1) is 25.5. The SMILES string of the molecule is COc1ccccc1N(C)S(=O)(=O)c1ccc(Cl)c(C(=O)OCC(=O)N2c3ccccc3CC2C)c1. The topological polar surface area (TPSA) is 93.2 Å². The van der Waals surface area contributed by atoms with Gasteiger partial charge in [-0.05, 0) is 55.3 Å². The van der Waals surface area contributed by atoms with Gasteiger partial charge in [-0.3, -0.25) is 9.10 Å². The van der Waals surface area contributed by atoms with E-state index in [1.165, 1.54) is 26.3 Å². The van der Waals surface area contributed by atoms with Crippen molar-refractivity contribution < 1.29 is 27.5 Å². The van der Waals surface area contributed by atoms with Crippen molar-refractivity contribution in [1.82, 2.24) is 0 Å². The number of methoxy groups -OCH3 is 1. The molecule has 0 N–H and O–H groups in total. The van der Waals surface area contributed by atoms with Gasteiger partial charge in [0.2, 0.25) is 0 Å². The molecule has 188 valence electrons. The van der Waals surface area contributed by atoms with Crippen molar-refractivity contribution in [3.8, 4) is 5.75 Å². The Labute approximate surface area is 215 Å². The van der Waals surface area contributed by atoms with Crippen LogP contribution < -0.4 is 13.9 Å². The highest BCUT2D eigenvalue weighted by Gasteiger charge is 2.31. The smallest absolute Gasteiger partial charge is 0.340 e. The first-order valence-electron chi connectivity index (χ1n) is 11.1. The zero-order chi connectivity index (χ0) is 26.0. The molecule has 1 atom stereocenters. The molecule has 1 unspecified atom stereocenters. The van der Waals surface area contributed by atoms with E-state index < -0.39 is 22.6 Å². The van der Waals surface area contributed by atoms with Crippen molar-refractivity contribution in [2.24, 2.45) is 0 Å². The lowest BCUT2D eigenvalue weighted by Gasteiger charge is -2.23. The van der Waals surface area contributed by atoms with E-state index in [2.05, 4.69) is 0 Å². The van der Waals surface area contributed by atoms with E-state index in [4.69, 9.17) is 21.1 Å². The number of esters is 1. The predicted molar refractivity (Wildman–Crippen MR) is 137 cm³/mol. The summed E-state index contributed by atoms with van der Waals surface area (Å²) in [6.45, 7) is 1.41. The number of ether oxygens (including phenoxy) is 2. The Bertz CT molecular complexity index is 1430. The first-order chi connectivity index (χ1) is 17.1. The third-order valence-electron chi connectivity index (χ3n) is 6.04. The number of hydrogen-bond acceptors (Lipinski definition) is 6. The lowest BCUT2D eigenvalue weighted by molar-refractivity contribution is -0.122. The first-order valence-corrected chi connectivity index (χ1v) is 13.0. The minimum Gasteiger partial charge on any atom is -0.495 e. The Hall–Kier alpha value is -3.56. The van der Waals surface area contributed by atoms with Crippen molar-refractivity contribution in [1.29, 1.82) is 0 Å². The number of sulfonamides is 1. The molecule has 0 fully saturated rings. The van der Waals surface area contributed by atoms with E-state index in [0.717, 1.165) is 21.6 Å². The number of halogens is 1. The van der Waals surface area contributed by atoms with E-state index in [-0.39, 0.29) is 27.4 Å². The summed E-state index contributed by atoms with van der Waals surface area (Å²) < 4.78 is 38.2. The van der Waals surface area contributed by atoms with Crippen molar-refractivity contribution in [2.45, 2.75) is 24.3 Å². The number of rotatable bonds is 7. The van der Waals surface area contributed by atoms with Gasteiger partial charge < -0.3 is 14.4 Å². The van der Waals surface area contributed by atoms with Gasteiger partial charge in [-0.1, -0.05) is 41.9 Å². The molecule has 3 aromatic carbocycles. The minimum atomic E-state index is -4.07. The fourth-order valence-electron chi connectivity index (χ4n) is 4.22. The van der Waals surface area contributed by atoms with Crippen LogP contribution in [-0.2, 0) is 26.0 Å². The van der Waals surface area contributed by atoms with Crippen LogP contribution >= 0.6 is 11.6 Å². The van der Waals surface area contributed by atoms with Gasteiger partial charge >= 0.3 is 5.97 Å². The number of fused-ring (bicyclic) bond motifs is 1. The lowest BCUT2D eigenvalue weighted by Crippen LogP contribution is -2.38. The van der Waals surface area contributed by atoms with E-state index in [1.54, 1.807) is 29.2 Å². The second-order valence-electron chi connectivity index (χ2n) is 8.31. The largest absolute Gasteiger partial charge is 0.495 e. The highest BCUT2D eigenvalue weighted by Crippen LogP contribution is 2.33. The Balaban J connectivity index is 1.53. The molecule has 3 aromatic rings. The lowest BCUT2D eigenvalue weighted by atomic mass is 10.1. The van der Waals surface area contributed by atoms with Gasteiger partial charge in [0.05, 0.1) is 28.3 Å². The summed E-state index contributed by atoms with van der Waals surface area (Å²) in [5, 5.41) is 0.00577. The number of benzene rings is 3. The molecule has 4 rings (SSSR count). The monoisotopic (exact) mass is 528 g/mol. The third kappa shape index (κ3) is 4.76. The number of carbonyl (C=O) groups excluding carboxylic acids is 2. The zero-order valence-electron chi connectivity index (χ0n) is 20.0. The van der Waals surface area contributed by atoms with Crippen molar-refractivity contribution in [3.63, 3.8) is 0 Å². The highest BCUT2D eigenvalue weighted by molar-refractivity contribution is 7.92. The van der Waals surface area contributed by atoms with Crippen LogP contribution in [0.4, 0.5) is 11.4 Å². The molecular formula is C26H25ClN2O6S. The van der Waals surface area contributed by atoms with Crippen LogP contribution in [0.2, 0.25) is 5.02 Å². The highest BCUT2D eigenvalue weighted by atomic mass is 35.5. The maximum atomic E-state index is 13.3. The third-order valence-corrected chi connectivity index (χ3v) is 8.14. The van der Waals surface area contributed by atoms with E-state index in [1.807, 2.05) is 31.2 Å². The van der Waals surface area contributed by atoms with Crippen LogP contribution in [0, 0.1) is 0 Å². The van der Waals surface area contributed by atoms with Crippen LogP contribution in [0.15, 0.2) is 71.6 Å². The molecule has 36 heavy (non-hydrogen) atoms.